The molecule has 8 nitrogen and oxygen atoms in total. The van der Waals surface area contributed by atoms with E-state index in [9.17, 15) is 9.59 Å². The number of piperazine rings is 1. The highest BCUT2D eigenvalue weighted by molar-refractivity contribution is 6.03. The van der Waals surface area contributed by atoms with Crippen LogP contribution in [0, 0.1) is 0 Å². The standard InChI is InChI=1S/C22H34N4O4/c1-22(2,3)30-21(28)20(29-18-6-10-24-11-7-18)19(27)16-25-12-14-26(15-13-25)17-4-8-23-9-5-17/h4-5,8-9,18,20,24H,6-7,10-16H2,1-3H3. The molecular weight excluding hydrogens is 384 g/mol. The second kappa shape index (κ2) is 10.3. The SMILES string of the molecule is CC(C)(C)OC(=O)C(OC1CCNCC1)C(=O)CN1CCN(c2ccncc2)CC1. The lowest BCUT2D eigenvalue weighted by molar-refractivity contribution is -0.176. The average Bonchev–Trinajstić information content (AvgIpc) is 2.72. The number of nitrogens with zero attached hydrogens (tertiary/aromatic N) is 3. The van der Waals surface area contributed by atoms with Crippen molar-refractivity contribution in [2.45, 2.75) is 51.4 Å². The van der Waals surface area contributed by atoms with Crippen LogP contribution in [0.25, 0.3) is 0 Å². The number of carbonyl (C=O) groups is 2. The Labute approximate surface area is 178 Å². The number of hydrogen-bond donors (Lipinski definition) is 1. The summed E-state index contributed by atoms with van der Waals surface area (Å²) >= 11 is 0. The molecular formula is C22H34N4O4. The fourth-order valence-electron chi connectivity index (χ4n) is 3.76. The van der Waals surface area contributed by atoms with Gasteiger partial charge in [0.2, 0.25) is 6.10 Å². The molecule has 3 heterocycles. The molecule has 166 valence electrons. The van der Waals surface area contributed by atoms with E-state index < -0.39 is 17.7 Å². The van der Waals surface area contributed by atoms with Crippen LogP contribution in [0.4, 0.5) is 5.69 Å². The zero-order valence-electron chi connectivity index (χ0n) is 18.3. The summed E-state index contributed by atoms with van der Waals surface area (Å²) in [4.78, 5) is 34.2. The van der Waals surface area contributed by atoms with Gasteiger partial charge in [-0.1, -0.05) is 0 Å². The van der Waals surface area contributed by atoms with Crippen molar-refractivity contribution in [3.05, 3.63) is 24.5 Å². The number of pyridine rings is 1. The van der Waals surface area contributed by atoms with Crippen molar-refractivity contribution in [1.29, 1.82) is 0 Å². The van der Waals surface area contributed by atoms with Crippen molar-refractivity contribution in [3.63, 3.8) is 0 Å². The van der Waals surface area contributed by atoms with Crippen molar-refractivity contribution < 1.29 is 19.1 Å². The van der Waals surface area contributed by atoms with Gasteiger partial charge in [-0.2, -0.15) is 0 Å². The van der Waals surface area contributed by atoms with Crippen LogP contribution in [-0.2, 0) is 19.1 Å². The van der Waals surface area contributed by atoms with E-state index in [2.05, 4.69) is 20.1 Å². The van der Waals surface area contributed by atoms with Crippen molar-refractivity contribution in [2.24, 2.45) is 0 Å². The number of piperidine rings is 1. The van der Waals surface area contributed by atoms with Gasteiger partial charge in [0.15, 0.2) is 5.78 Å². The Morgan fingerprint density at radius 1 is 1.13 bits per heavy atom. The third kappa shape index (κ3) is 6.75. The molecule has 0 aromatic carbocycles. The van der Waals surface area contributed by atoms with Gasteiger partial charge in [-0.05, 0) is 58.8 Å². The molecule has 0 bridgehead atoms. The molecule has 3 rings (SSSR count). The Kier molecular flexibility index (Phi) is 7.80. The molecule has 2 aliphatic rings. The first kappa shape index (κ1) is 22.7. The molecule has 2 fully saturated rings. The summed E-state index contributed by atoms with van der Waals surface area (Å²) in [6.45, 7) is 10.4. The van der Waals surface area contributed by atoms with Crippen molar-refractivity contribution in [3.8, 4) is 0 Å². The fraction of sp³-hybridized carbons (Fsp3) is 0.682. The number of ether oxygens (including phenoxy) is 2. The second-order valence-electron chi connectivity index (χ2n) is 8.93. The minimum absolute atomic E-state index is 0.101. The van der Waals surface area contributed by atoms with Crippen LogP contribution in [0.5, 0.6) is 0 Å². The van der Waals surface area contributed by atoms with Crippen LogP contribution in [0.2, 0.25) is 0 Å². The highest BCUT2D eigenvalue weighted by Crippen LogP contribution is 2.18. The van der Waals surface area contributed by atoms with E-state index in [0.29, 0.717) is 0 Å². The molecule has 8 heteroatoms. The highest BCUT2D eigenvalue weighted by Gasteiger charge is 2.35. The number of Topliss-reactive ketones (excluding diaryl/α,β-unsaturated/α-hetero) is 1. The first-order valence-corrected chi connectivity index (χ1v) is 10.8. The topological polar surface area (TPSA) is 84.0 Å². The molecule has 0 spiro atoms. The van der Waals surface area contributed by atoms with Gasteiger partial charge < -0.3 is 19.7 Å². The average molecular weight is 419 g/mol. The summed E-state index contributed by atoms with van der Waals surface area (Å²) in [6, 6.07) is 3.98. The Bertz CT molecular complexity index is 693. The van der Waals surface area contributed by atoms with E-state index in [1.54, 1.807) is 33.2 Å². The number of ketones is 1. The van der Waals surface area contributed by atoms with Gasteiger partial charge in [-0.3, -0.25) is 14.7 Å². The van der Waals surface area contributed by atoms with Crippen LogP contribution in [-0.4, -0.2) is 85.3 Å². The molecule has 0 radical (unpaired) electrons. The normalized spacial score (nSPS) is 20.0. The minimum Gasteiger partial charge on any atom is -0.458 e. The van der Waals surface area contributed by atoms with Gasteiger partial charge >= 0.3 is 5.97 Å². The molecule has 2 aliphatic heterocycles. The molecule has 1 aromatic heterocycles. The second-order valence-corrected chi connectivity index (χ2v) is 8.93. The number of rotatable bonds is 7. The van der Waals surface area contributed by atoms with E-state index in [1.807, 2.05) is 12.1 Å². The minimum atomic E-state index is -1.16. The predicted molar refractivity (Wildman–Crippen MR) is 115 cm³/mol. The van der Waals surface area contributed by atoms with E-state index in [0.717, 1.165) is 57.8 Å². The van der Waals surface area contributed by atoms with E-state index in [1.165, 1.54) is 0 Å². The Morgan fingerprint density at radius 3 is 2.37 bits per heavy atom. The maximum atomic E-state index is 13.1. The smallest absolute Gasteiger partial charge is 0.343 e. The number of anilines is 1. The molecule has 0 saturated carbocycles. The zero-order chi connectivity index (χ0) is 21.6. The third-order valence-corrected chi connectivity index (χ3v) is 5.31. The van der Waals surface area contributed by atoms with E-state index >= 15 is 0 Å². The lowest BCUT2D eigenvalue weighted by Gasteiger charge is -2.36. The quantitative estimate of drug-likeness (QED) is 0.523. The molecule has 30 heavy (non-hydrogen) atoms. The van der Waals surface area contributed by atoms with Crippen molar-refractivity contribution in [1.82, 2.24) is 15.2 Å². The first-order valence-electron chi connectivity index (χ1n) is 10.8. The van der Waals surface area contributed by atoms with Gasteiger partial charge in [0.25, 0.3) is 0 Å². The molecule has 1 unspecified atom stereocenters. The maximum Gasteiger partial charge on any atom is 0.343 e. The number of hydrogen-bond acceptors (Lipinski definition) is 8. The molecule has 2 saturated heterocycles. The number of aromatic nitrogens is 1. The van der Waals surface area contributed by atoms with Crippen LogP contribution in [0.3, 0.4) is 0 Å². The fourth-order valence-corrected chi connectivity index (χ4v) is 3.76. The van der Waals surface area contributed by atoms with Crippen molar-refractivity contribution in [2.75, 3.05) is 50.7 Å². The van der Waals surface area contributed by atoms with E-state index in [-0.39, 0.29) is 18.4 Å². The molecule has 1 atom stereocenters. The molecule has 1 aromatic rings. The van der Waals surface area contributed by atoms with Crippen molar-refractivity contribution >= 4 is 17.4 Å². The summed E-state index contributed by atoms with van der Waals surface area (Å²) in [5, 5.41) is 3.27. The van der Waals surface area contributed by atoms with Crippen LogP contribution >= 0.6 is 0 Å². The first-order chi connectivity index (χ1) is 14.3. The number of carbonyl (C=O) groups excluding carboxylic acids is 2. The largest absolute Gasteiger partial charge is 0.458 e. The zero-order valence-corrected chi connectivity index (χ0v) is 18.3. The monoisotopic (exact) mass is 418 g/mol. The Balaban J connectivity index is 1.57. The summed E-state index contributed by atoms with van der Waals surface area (Å²) in [6.07, 6.45) is 3.89. The predicted octanol–water partition coefficient (Wildman–Crippen LogP) is 1.25. The Hall–Kier alpha value is -2.03. The highest BCUT2D eigenvalue weighted by atomic mass is 16.6. The number of esters is 1. The summed E-state index contributed by atoms with van der Waals surface area (Å²) in [5.74, 6) is -0.804. The maximum absolute atomic E-state index is 13.1. The molecule has 1 N–H and O–H groups in total. The van der Waals surface area contributed by atoms with Gasteiger partial charge in [0, 0.05) is 44.3 Å². The van der Waals surface area contributed by atoms with E-state index in [4.69, 9.17) is 9.47 Å². The third-order valence-electron chi connectivity index (χ3n) is 5.31. The lowest BCUT2D eigenvalue weighted by Crippen LogP contribution is -2.51. The summed E-state index contributed by atoms with van der Waals surface area (Å²) < 4.78 is 11.5. The number of nitrogens with one attached hydrogen (secondary N) is 1. The van der Waals surface area contributed by atoms with Gasteiger partial charge in [-0.25, -0.2) is 4.79 Å². The summed E-state index contributed by atoms with van der Waals surface area (Å²) in [5.41, 5.74) is 0.473. The van der Waals surface area contributed by atoms with Gasteiger partial charge in [0.1, 0.15) is 5.60 Å². The van der Waals surface area contributed by atoms with Crippen LogP contribution in [0.1, 0.15) is 33.6 Å². The lowest BCUT2D eigenvalue weighted by atomic mass is 10.1. The van der Waals surface area contributed by atoms with Crippen LogP contribution in [0.15, 0.2) is 24.5 Å². The molecule has 0 amide bonds. The Morgan fingerprint density at radius 2 is 1.77 bits per heavy atom. The van der Waals surface area contributed by atoms with Crippen LogP contribution < -0.4 is 10.2 Å². The molecule has 0 aliphatic carbocycles. The van der Waals surface area contributed by atoms with Gasteiger partial charge in [0.05, 0.1) is 12.6 Å². The van der Waals surface area contributed by atoms with Gasteiger partial charge in [-0.15, -0.1) is 0 Å². The summed E-state index contributed by atoms with van der Waals surface area (Å²) in [7, 11) is 0.